The Kier molecular flexibility index (Phi) is 5.96. The summed E-state index contributed by atoms with van der Waals surface area (Å²) in [4.78, 5) is 2.41. The van der Waals surface area contributed by atoms with Crippen LogP contribution in [-0.2, 0) is 0 Å². The Morgan fingerprint density at radius 1 is 0.392 bits per heavy atom. The van der Waals surface area contributed by atoms with Crippen molar-refractivity contribution in [3.05, 3.63) is 182 Å². The van der Waals surface area contributed by atoms with E-state index in [-0.39, 0.29) is 0 Å². The fourth-order valence-electron chi connectivity index (χ4n) is 8.31. The number of para-hydroxylation sites is 4. The van der Waals surface area contributed by atoms with Crippen LogP contribution in [0.4, 0.5) is 17.1 Å². The Morgan fingerprint density at radius 2 is 1.06 bits per heavy atom. The Bertz CT molecular complexity index is 3150. The molecule has 238 valence electrons. The third-order valence-corrected chi connectivity index (χ3v) is 10.5. The summed E-state index contributed by atoms with van der Waals surface area (Å²) >= 11 is 0. The molecule has 0 radical (unpaired) electrons. The van der Waals surface area contributed by atoms with Gasteiger partial charge in [0.05, 0.1) is 22.4 Å². The van der Waals surface area contributed by atoms with E-state index in [4.69, 9.17) is 4.42 Å². The minimum atomic E-state index is 0.866. The Morgan fingerprint density at radius 3 is 1.94 bits per heavy atom. The summed E-state index contributed by atoms with van der Waals surface area (Å²) < 4.78 is 9.13. The van der Waals surface area contributed by atoms with Gasteiger partial charge in [-0.05, 0) is 75.5 Å². The van der Waals surface area contributed by atoms with Crippen molar-refractivity contribution >= 4 is 93.1 Å². The second-order valence-electron chi connectivity index (χ2n) is 13.3. The number of anilines is 3. The Labute approximate surface area is 293 Å². The van der Waals surface area contributed by atoms with E-state index in [9.17, 15) is 0 Å². The summed E-state index contributed by atoms with van der Waals surface area (Å²) in [6.45, 7) is 0. The molecule has 0 aliphatic rings. The average molecular weight is 651 g/mol. The van der Waals surface area contributed by atoms with Gasteiger partial charge in [-0.2, -0.15) is 0 Å². The fraction of sp³-hybridized carbons (Fsp3) is 0. The highest BCUT2D eigenvalue weighted by Crippen LogP contribution is 2.47. The number of hydrogen-bond donors (Lipinski definition) is 0. The van der Waals surface area contributed by atoms with Crippen molar-refractivity contribution in [2.45, 2.75) is 0 Å². The van der Waals surface area contributed by atoms with E-state index in [2.05, 4.69) is 185 Å². The lowest BCUT2D eigenvalue weighted by Gasteiger charge is -2.28. The van der Waals surface area contributed by atoms with Crippen LogP contribution >= 0.6 is 0 Å². The lowest BCUT2D eigenvalue weighted by molar-refractivity contribution is 0.669. The van der Waals surface area contributed by atoms with Gasteiger partial charge < -0.3 is 13.9 Å². The normalized spacial score (nSPS) is 11.9. The zero-order valence-electron chi connectivity index (χ0n) is 27.6. The van der Waals surface area contributed by atoms with Gasteiger partial charge in [-0.3, -0.25) is 0 Å². The maximum atomic E-state index is 6.75. The van der Waals surface area contributed by atoms with Gasteiger partial charge in [0.25, 0.3) is 0 Å². The van der Waals surface area contributed by atoms with Crippen molar-refractivity contribution in [1.29, 1.82) is 0 Å². The van der Waals surface area contributed by atoms with E-state index < -0.39 is 0 Å². The van der Waals surface area contributed by atoms with E-state index in [0.717, 1.165) is 50.2 Å². The van der Waals surface area contributed by atoms with Gasteiger partial charge in [0.1, 0.15) is 5.58 Å². The molecule has 0 bridgehead atoms. The topological polar surface area (TPSA) is 21.3 Å². The van der Waals surface area contributed by atoms with Gasteiger partial charge in [-0.15, -0.1) is 0 Å². The number of furan rings is 1. The molecule has 9 aromatic carbocycles. The van der Waals surface area contributed by atoms with Crippen LogP contribution in [0.2, 0.25) is 0 Å². The zero-order valence-corrected chi connectivity index (χ0v) is 27.6. The van der Waals surface area contributed by atoms with Gasteiger partial charge in [0, 0.05) is 38.3 Å². The molecule has 0 fully saturated rings. The molecule has 2 heterocycles. The van der Waals surface area contributed by atoms with Gasteiger partial charge in [0.2, 0.25) is 0 Å². The molecule has 0 amide bonds. The monoisotopic (exact) mass is 650 g/mol. The fourth-order valence-corrected chi connectivity index (χ4v) is 8.31. The molecular weight excluding hydrogens is 621 g/mol. The maximum absolute atomic E-state index is 6.75. The second kappa shape index (κ2) is 10.8. The van der Waals surface area contributed by atoms with E-state index in [1.165, 1.54) is 48.6 Å². The first kappa shape index (κ1) is 28.0. The standard InChI is InChI=1S/C48H30N2O/c1-2-14-33(15-3-1)49-42-22-10-8-17-36(42)38-28-27-34(30-45(38)49)50(43-23-12-21-41-39-19-9-11-24-46(39)51-48(41)43)44-29-32-26-25-31-13-4-5-16-35(31)47(32)40-20-7-6-18-37(40)44/h1-30H. The van der Waals surface area contributed by atoms with E-state index >= 15 is 0 Å². The largest absolute Gasteiger partial charge is 0.454 e. The minimum Gasteiger partial charge on any atom is -0.454 e. The van der Waals surface area contributed by atoms with Crippen molar-refractivity contribution in [3.8, 4) is 5.69 Å². The van der Waals surface area contributed by atoms with Gasteiger partial charge in [0.15, 0.2) is 5.58 Å². The van der Waals surface area contributed by atoms with Gasteiger partial charge in [-0.25, -0.2) is 0 Å². The lowest BCUT2D eigenvalue weighted by atomic mass is 9.94. The Hall–Kier alpha value is -6.84. The number of fused-ring (bicyclic) bond motifs is 11. The summed E-state index contributed by atoms with van der Waals surface area (Å²) in [5.41, 5.74) is 8.37. The predicted octanol–water partition coefficient (Wildman–Crippen LogP) is 13.6. The molecule has 0 spiro atoms. The first-order valence-corrected chi connectivity index (χ1v) is 17.4. The molecule has 11 aromatic rings. The molecule has 0 N–H and O–H groups in total. The molecule has 0 saturated heterocycles. The number of rotatable bonds is 4. The highest BCUT2D eigenvalue weighted by atomic mass is 16.3. The van der Waals surface area contributed by atoms with E-state index in [1.54, 1.807) is 0 Å². The predicted molar refractivity (Wildman–Crippen MR) is 215 cm³/mol. The quantitative estimate of drug-likeness (QED) is 0.177. The summed E-state index contributed by atoms with van der Waals surface area (Å²) in [5.74, 6) is 0. The van der Waals surface area contributed by atoms with E-state index in [0.29, 0.717) is 0 Å². The maximum Gasteiger partial charge on any atom is 0.159 e. The number of nitrogens with zero attached hydrogens (tertiary/aromatic N) is 2. The van der Waals surface area contributed by atoms with Crippen LogP contribution in [0, 0.1) is 0 Å². The van der Waals surface area contributed by atoms with Crippen LogP contribution in [0.1, 0.15) is 0 Å². The number of aromatic nitrogens is 1. The van der Waals surface area contributed by atoms with Crippen molar-refractivity contribution < 1.29 is 4.42 Å². The first-order chi connectivity index (χ1) is 25.3. The minimum absolute atomic E-state index is 0.866. The molecular formula is C48H30N2O. The van der Waals surface area contributed by atoms with Crippen molar-refractivity contribution in [1.82, 2.24) is 4.57 Å². The lowest BCUT2D eigenvalue weighted by Crippen LogP contribution is -2.11. The van der Waals surface area contributed by atoms with Crippen LogP contribution in [0.5, 0.6) is 0 Å². The van der Waals surface area contributed by atoms with Crippen LogP contribution in [-0.4, -0.2) is 4.57 Å². The molecule has 2 aromatic heterocycles. The van der Waals surface area contributed by atoms with Crippen LogP contribution in [0.15, 0.2) is 186 Å². The van der Waals surface area contributed by atoms with Crippen LogP contribution in [0.25, 0.3) is 81.7 Å². The van der Waals surface area contributed by atoms with Crippen molar-refractivity contribution in [2.24, 2.45) is 0 Å². The summed E-state index contributed by atoms with van der Waals surface area (Å²) in [6.07, 6.45) is 0. The highest BCUT2D eigenvalue weighted by molar-refractivity contribution is 6.24. The average Bonchev–Trinajstić information content (AvgIpc) is 3.74. The molecule has 3 nitrogen and oxygen atoms in total. The first-order valence-electron chi connectivity index (χ1n) is 17.4. The Balaban J connectivity index is 1.28. The van der Waals surface area contributed by atoms with Crippen molar-refractivity contribution in [3.63, 3.8) is 0 Å². The molecule has 0 unspecified atom stereocenters. The molecule has 0 aliphatic heterocycles. The van der Waals surface area contributed by atoms with Gasteiger partial charge in [-0.1, -0.05) is 133 Å². The molecule has 0 saturated carbocycles. The third kappa shape index (κ3) is 4.12. The second-order valence-corrected chi connectivity index (χ2v) is 13.3. The smallest absolute Gasteiger partial charge is 0.159 e. The summed E-state index contributed by atoms with van der Waals surface area (Å²) in [6, 6.07) is 65.5. The molecule has 3 heteroatoms. The summed E-state index contributed by atoms with van der Waals surface area (Å²) in [5, 5.41) is 12.0. The SMILES string of the molecule is c1ccc(-n2c3ccccc3c3ccc(N(c4cc5ccc6ccccc6c5c5ccccc45)c4cccc5c4oc4ccccc45)cc32)cc1. The van der Waals surface area contributed by atoms with Crippen LogP contribution < -0.4 is 4.90 Å². The molecule has 0 aliphatic carbocycles. The highest BCUT2D eigenvalue weighted by Gasteiger charge is 2.24. The molecule has 51 heavy (non-hydrogen) atoms. The summed E-state index contributed by atoms with van der Waals surface area (Å²) in [7, 11) is 0. The number of hydrogen-bond acceptors (Lipinski definition) is 2. The third-order valence-electron chi connectivity index (χ3n) is 10.5. The number of benzene rings is 9. The van der Waals surface area contributed by atoms with E-state index in [1.807, 2.05) is 6.07 Å². The van der Waals surface area contributed by atoms with Crippen LogP contribution in [0.3, 0.4) is 0 Å². The molecule has 0 atom stereocenters. The zero-order chi connectivity index (χ0) is 33.5. The molecule has 11 rings (SSSR count). The van der Waals surface area contributed by atoms with Gasteiger partial charge >= 0.3 is 0 Å². The van der Waals surface area contributed by atoms with Crippen molar-refractivity contribution in [2.75, 3.05) is 4.90 Å².